The van der Waals surface area contributed by atoms with Gasteiger partial charge in [-0.05, 0) is 61.3 Å². The van der Waals surface area contributed by atoms with Crippen LogP contribution in [0.3, 0.4) is 0 Å². The summed E-state index contributed by atoms with van der Waals surface area (Å²) in [5, 5.41) is 0. The van der Waals surface area contributed by atoms with Crippen LogP contribution in [0.25, 0.3) is 0 Å². The molecule has 0 aliphatic heterocycles. The fourth-order valence-electron chi connectivity index (χ4n) is 2.90. The molecule has 2 rings (SSSR count). The van der Waals surface area contributed by atoms with E-state index in [4.69, 9.17) is 10.5 Å². The van der Waals surface area contributed by atoms with Gasteiger partial charge < -0.3 is 10.5 Å². The van der Waals surface area contributed by atoms with Crippen LogP contribution >= 0.6 is 0 Å². The number of rotatable bonds is 4. The Morgan fingerprint density at radius 3 is 2.83 bits per heavy atom. The number of hydrogen-bond acceptors (Lipinski definition) is 2. The Labute approximate surface area is 111 Å². The van der Waals surface area contributed by atoms with Crippen LogP contribution in [0.1, 0.15) is 50.7 Å². The molecule has 0 spiro atoms. The van der Waals surface area contributed by atoms with E-state index in [-0.39, 0.29) is 5.54 Å². The van der Waals surface area contributed by atoms with Gasteiger partial charge in [0.1, 0.15) is 5.75 Å². The van der Waals surface area contributed by atoms with Gasteiger partial charge in [-0.15, -0.1) is 0 Å². The van der Waals surface area contributed by atoms with Crippen molar-refractivity contribution in [2.24, 2.45) is 11.7 Å². The highest BCUT2D eigenvalue weighted by Crippen LogP contribution is 2.39. The summed E-state index contributed by atoms with van der Waals surface area (Å²) in [6.07, 6.45) is 5.71. The van der Waals surface area contributed by atoms with Crippen molar-refractivity contribution in [1.29, 1.82) is 0 Å². The van der Waals surface area contributed by atoms with Crippen molar-refractivity contribution in [3.8, 4) is 5.75 Å². The van der Waals surface area contributed by atoms with Gasteiger partial charge in [-0.2, -0.15) is 0 Å². The Bertz CT molecular complexity index is 414. The lowest BCUT2D eigenvalue weighted by molar-refractivity contribution is 0.315. The lowest BCUT2D eigenvalue weighted by atomic mass is 9.74. The topological polar surface area (TPSA) is 35.2 Å². The molecule has 2 nitrogen and oxygen atoms in total. The molecule has 0 heterocycles. The minimum absolute atomic E-state index is 0.146. The fourth-order valence-corrected chi connectivity index (χ4v) is 2.90. The Kier molecular flexibility index (Phi) is 3.96. The molecule has 1 unspecified atom stereocenters. The van der Waals surface area contributed by atoms with Crippen LogP contribution in [-0.2, 0) is 12.0 Å². The van der Waals surface area contributed by atoms with Crippen LogP contribution in [0.4, 0.5) is 0 Å². The van der Waals surface area contributed by atoms with E-state index in [2.05, 4.69) is 26.0 Å². The second kappa shape index (κ2) is 5.31. The summed E-state index contributed by atoms with van der Waals surface area (Å²) in [6.45, 7) is 4.53. The van der Waals surface area contributed by atoms with Crippen LogP contribution in [-0.4, -0.2) is 7.11 Å². The maximum absolute atomic E-state index is 6.69. The molecule has 0 saturated carbocycles. The lowest BCUT2D eigenvalue weighted by Crippen LogP contribution is -2.40. The predicted molar refractivity (Wildman–Crippen MR) is 75.9 cm³/mol. The van der Waals surface area contributed by atoms with Crippen LogP contribution in [0.2, 0.25) is 0 Å². The number of hydrogen-bond donors (Lipinski definition) is 1. The van der Waals surface area contributed by atoms with Gasteiger partial charge in [-0.25, -0.2) is 0 Å². The molecule has 100 valence electrons. The Morgan fingerprint density at radius 1 is 1.39 bits per heavy atom. The molecular formula is C16H25NO. The smallest absolute Gasteiger partial charge is 0.119 e. The molecule has 0 aromatic heterocycles. The summed E-state index contributed by atoms with van der Waals surface area (Å²) in [4.78, 5) is 0. The summed E-state index contributed by atoms with van der Waals surface area (Å²) in [7, 11) is 1.72. The highest BCUT2D eigenvalue weighted by atomic mass is 16.5. The molecule has 0 radical (unpaired) electrons. The zero-order valence-electron chi connectivity index (χ0n) is 11.8. The number of methoxy groups -OCH3 is 1. The first-order valence-electron chi connectivity index (χ1n) is 7.01. The van der Waals surface area contributed by atoms with E-state index in [1.807, 2.05) is 6.07 Å². The third-order valence-electron chi connectivity index (χ3n) is 4.09. The molecule has 0 bridgehead atoms. The van der Waals surface area contributed by atoms with Gasteiger partial charge in [0.25, 0.3) is 0 Å². The molecule has 0 saturated heterocycles. The molecule has 1 aliphatic rings. The second-order valence-electron chi connectivity index (χ2n) is 5.97. The van der Waals surface area contributed by atoms with E-state index < -0.39 is 0 Å². The molecule has 0 fully saturated rings. The maximum atomic E-state index is 6.69. The Balaban J connectivity index is 2.29. The Morgan fingerprint density at radius 2 is 2.17 bits per heavy atom. The first kappa shape index (κ1) is 13.4. The van der Waals surface area contributed by atoms with Gasteiger partial charge in [0.2, 0.25) is 0 Å². The van der Waals surface area contributed by atoms with Gasteiger partial charge in [0.05, 0.1) is 7.11 Å². The lowest BCUT2D eigenvalue weighted by Gasteiger charge is -2.36. The third-order valence-corrected chi connectivity index (χ3v) is 4.09. The summed E-state index contributed by atoms with van der Waals surface area (Å²) in [6, 6.07) is 6.38. The molecule has 1 aliphatic carbocycles. The highest BCUT2D eigenvalue weighted by Gasteiger charge is 2.32. The van der Waals surface area contributed by atoms with E-state index in [1.165, 1.54) is 24.0 Å². The number of ether oxygens (including phenoxy) is 1. The average molecular weight is 247 g/mol. The van der Waals surface area contributed by atoms with Crippen molar-refractivity contribution in [2.45, 2.75) is 51.5 Å². The average Bonchev–Trinajstić information content (AvgIpc) is 2.37. The molecule has 18 heavy (non-hydrogen) atoms. The monoisotopic (exact) mass is 247 g/mol. The first-order valence-corrected chi connectivity index (χ1v) is 7.01. The van der Waals surface area contributed by atoms with Crippen LogP contribution < -0.4 is 10.5 Å². The minimum atomic E-state index is -0.146. The molecule has 1 aromatic rings. The zero-order chi connectivity index (χ0) is 13.2. The standard InChI is InChI=1S/C16H25NO/c1-12(2)8-10-16(17)9-4-5-13-6-7-14(18-3)11-15(13)16/h6-7,11-12H,4-5,8-10,17H2,1-3H3. The van der Waals surface area contributed by atoms with Gasteiger partial charge >= 0.3 is 0 Å². The van der Waals surface area contributed by atoms with Crippen molar-refractivity contribution in [1.82, 2.24) is 0 Å². The maximum Gasteiger partial charge on any atom is 0.119 e. The quantitative estimate of drug-likeness (QED) is 0.882. The van der Waals surface area contributed by atoms with Crippen molar-refractivity contribution < 1.29 is 4.74 Å². The van der Waals surface area contributed by atoms with E-state index >= 15 is 0 Å². The molecular weight excluding hydrogens is 222 g/mol. The Hall–Kier alpha value is -1.02. The summed E-state index contributed by atoms with van der Waals surface area (Å²) in [5.74, 6) is 1.64. The van der Waals surface area contributed by atoms with E-state index in [1.54, 1.807) is 7.11 Å². The predicted octanol–water partition coefficient (Wildman–Crippen LogP) is 3.62. The highest BCUT2D eigenvalue weighted by molar-refractivity contribution is 5.41. The number of benzene rings is 1. The molecule has 2 N–H and O–H groups in total. The second-order valence-corrected chi connectivity index (χ2v) is 5.97. The van der Waals surface area contributed by atoms with Gasteiger partial charge in [-0.3, -0.25) is 0 Å². The number of nitrogens with two attached hydrogens (primary N) is 1. The molecule has 1 atom stereocenters. The van der Waals surface area contributed by atoms with Gasteiger partial charge in [0, 0.05) is 5.54 Å². The van der Waals surface area contributed by atoms with Crippen molar-refractivity contribution in [2.75, 3.05) is 7.11 Å². The minimum Gasteiger partial charge on any atom is -0.497 e. The fraction of sp³-hybridized carbons (Fsp3) is 0.625. The molecule has 2 heteroatoms. The zero-order valence-corrected chi connectivity index (χ0v) is 11.8. The summed E-state index contributed by atoms with van der Waals surface area (Å²) in [5.41, 5.74) is 9.26. The first-order chi connectivity index (χ1) is 8.55. The van der Waals surface area contributed by atoms with Gasteiger partial charge in [0.15, 0.2) is 0 Å². The molecule has 1 aromatic carbocycles. The number of aryl methyl sites for hydroxylation is 1. The van der Waals surface area contributed by atoms with Crippen LogP contribution in [0.15, 0.2) is 18.2 Å². The third kappa shape index (κ3) is 2.69. The van der Waals surface area contributed by atoms with Crippen LogP contribution in [0, 0.1) is 5.92 Å². The van der Waals surface area contributed by atoms with E-state index in [0.29, 0.717) is 5.92 Å². The van der Waals surface area contributed by atoms with Crippen molar-refractivity contribution in [3.63, 3.8) is 0 Å². The molecule has 0 amide bonds. The number of fused-ring (bicyclic) bond motifs is 1. The summed E-state index contributed by atoms with van der Waals surface area (Å²) >= 11 is 0. The largest absolute Gasteiger partial charge is 0.497 e. The summed E-state index contributed by atoms with van der Waals surface area (Å²) < 4.78 is 5.34. The van der Waals surface area contributed by atoms with Crippen molar-refractivity contribution >= 4 is 0 Å². The van der Waals surface area contributed by atoms with Crippen molar-refractivity contribution in [3.05, 3.63) is 29.3 Å². The van der Waals surface area contributed by atoms with Gasteiger partial charge in [-0.1, -0.05) is 19.9 Å². The van der Waals surface area contributed by atoms with E-state index in [0.717, 1.165) is 25.0 Å². The van der Waals surface area contributed by atoms with E-state index in [9.17, 15) is 0 Å². The normalized spacial score (nSPS) is 22.9. The van der Waals surface area contributed by atoms with Crippen LogP contribution in [0.5, 0.6) is 5.75 Å². The SMILES string of the molecule is COc1ccc2c(c1)C(N)(CCC(C)C)CCC2.